The summed E-state index contributed by atoms with van der Waals surface area (Å²) >= 11 is 1.09. The quantitative estimate of drug-likeness (QED) is 0.834. The van der Waals surface area contributed by atoms with Crippen LogP contribution in [0.2, 0.25) is 0 Å². The fraction of sp³-hybridized carbons (Fsp3) is 0.400. The molecule has 0 saturated heterocycles. The third-order valence-corrected chi connectivity index (χ3v) is 3.92. The maximum atomic E-state index is 12.4. The minimum atomic E-state index is -0.237. The highest BCUT2D eigenvalue weighted by atomic mass is 32.1. The largest absolute Gasteiger partial charge is 0.508 e. The van der Waals surface area contributed by atoms with Crippen LogP contribution in [0.5, 0.6) is 5.75 Å². The van der Waals surface area contributed by atoms with Gasteiger partial charge in [0.15, 0.2) is 0 Å². The molecular formula is C15H19N3O2S. The first kappa shape index (κ1) is 15.4. The molecule has 2 N–H and O–H groups in total. The summed E-state index contributed by atoms with van der Waals surface area (Å²) < 4.78 is 3.90. The van der Waals surface area contributed by atoms with Crippen LogP contribution in [-0.4, -0.2) is 20.6 Å². The molecule has 2 rings (SSSR count). The Hall–Kier alpha value is -1.95. The van der Waals surface area contributed by atoms with E-state index in [9.17, 15) is 9.90 Å². The van der Waals surface area contributed by atoms with Crippen molar-refractivity contribution in [3.8, 4) is 5.75 Å². The number of hydrogen-bond donors (Lipinski definition) is 2. The molecule has 0 aliphatic carbocycles. The molecule has 0 unspecified atom stereocenters. The Labute approximate surface area is 128 Å². The Balaban J connectivity index is 2.31. The number of phenols is 1. The second-order valence-electron chi connectivity index (χ2n) is 6.11. The molecule has 112 valence electrons. The zero-order valence-corrected chi connectivity index (χ0v) is 13.6. The normalized spacial score (nSPS) is 11.5. The van der Waals surface area contributed by atoms with Gasteiger partial charge in [-0.25, -0.2) is 0 Å². The van der Waals surface area contributed by atoms with Crippen molar-refractivity contribution in [2.45, 2.75) is 40.0 Å². The lowest BCUT2D eigenvalue weighted by Gasteiger charge is -2.16. The van der Waals surface area contributed by atoms with E-state index >= 15 is 0 Å². The summed E-state index contributed by atoms with van der Waals surface area (Å²) in [7, 11) is 0. The molecule has 0 spiro atoms. The van der Waals surface area contributed by atoms with Crippen LogP contribution in [0.3, 0.4) is 0 Å². The average molecular weight is 305 g/mol. The smallest absolute Gasteiger partial charge is 0.269 e. The lowest BCUT2D eigenvalue weighted by atomic mass is 9.91. The van der Waals surface area contributed by atoms with Crippen LogP contribution in [0.25, 0.3) is 0 Å². The van der Waals surface area contributed by atoms with E-state index in [0.717, 1.165) is 22.7 Å². The summed E-state index contributed by atoms with van der Waals surface area (Å²) in [6, 6.07) is 3.40. The number of anilines is 1. The van der Waals surface area contributed by atoms with Gasteiger partial charge in [-0.15, -0.1) is 5.10 Å². The number of amides is 1. The van der Waals surface area contributed by atoms with Gasteiger partial charge in [-0.1, -0.05) is 25.3 Å². The van der Waals surface area contributed by atoms with Gasteiger partial charge in [0.25, 0.3) is 5.91 Å². The summed E-state index contributed by atoms with van der Waals surface area (Å²) in [5, 5.41) is 16.6. The molecule has 0 radical (unpaired) electrons. The second-order valence-corrected chi connectivity index (χ2v) is 6.86. The number of aryl methyl sites for hydroxylation is 2. The predicted molar refractivity (Wildman–Crippen MR) is 84.1 cm³/mol. The van der Waals surface area contributed by atoms with Crippen molar-refractivity contribution in [2.75, 3.05) is 5.32 Å². The van der Waals surface area contributed by atoms with E-state index in [1.165, 1.54) is 0 Å². The monoisotopic (exact) mass is 305 g/mol. The summed E-state index contributed by atoms with van der Waals surface area (Å²) in [6.07, 6.45) is 0. The van der Waals surface area contributed by atoms with Gasteiger partial charge in [-0.2, -0.15) is 0 Å². The number of carbonyl (C=O) groups excluding carboxylic acids is 1. The summed E-state index contributed by atoms with van der Waals surface area (Å²) in [5.74, 6) is 0.00320. The Morgan fingerprint density at radius 1 is 1.24 bits per heavy atom. The van der Waals surface area contributed by atoms with Crippen molar-refractivity contribution in [2.24, 2.45) is 0 Å². The second kappa shape index (κ2) is 5.44. The van der Waals surface area contributed by atoms with Crippen LogP contribution in [0.1, 0.15) is 47.3 Å². The number of carbonyl (C=O) groups is 1. The Bertz CT molecular complexity index is 687. The van der Waals surface area contributed by atoms with E-state index in [4.69, 9.17) is 0 Å². The van der Waals surface area contributed by atoms with Crippen LogP contribution >= 0.6 is 11.5 Å². The van der Waals surface area contributed by atoms with Gasteiger partial charge in [-0.3, -0.25) is 4.79 Å². The zero-order valence-electron chi connectivity index (χ0n) is 12.8. The van der Waals surface area contributed by atoms with Crippen molar-refractivity contribution in [1.29, 1.82) is 0 Å². The predicted octanol–water partition coefficient (Wildman–Crippen LogP) is 3.41. The van der Waals surface area contributed by atoms with E-state index < -0.39 is 0 Å². The molecule has 1 aromatic heterocycles. The minimum Gasteiger partial charge on any atom is -0.508 e. The van der Waals surface area contributed by atoms with E-state index in [0.29, 0.717) is 16.3 Å². The van der Waals surface area contributed by atoms with Crippen LogP contribution < -0.4 is 5.32 Å². The molecule has 1 aromatic carbocycles. The lowest BCUT2D eigenvalue weighted by molar-refractivity contribution is 0.102. The van der Waals surface area contributed by atoms with Gasteiger partial charge in [-0.05, 0) is 48.6 Å². The van der Waals surface area contributed by atoms with Gasteiger partial charge >= 0.3 is 0 Å². The summed E-state index contributed by atoms with van der Waals surface area (Å²) in [4.78, 5) is 13.0. The number of nitrogens with zero attached hydrogens (tertiary/aromatic N) is 2. The number of aromatic hydroxyl groups is 1. The Morgan fingerprint density at radius 2 is 1.90 bits per heavy atom. The fourth-order valence-corrected chi connectivity index (χ4v) is 2.72. The van der Waals surface area contributed by atoms with Crippen molar-refractivity contribution in [3.63, 3.8) is 0 Å². The molecule has 21 heavy (non-hydrogen) atoms. The van der Waals surface area contributed by atoms with Crippen molar-refractivity contribution < 1.29 is 9.90 Å². The third-order valence-electron chi connectivity index (χ3n) is 3.20. The van der Waals surface area contributed by atoms with Gasteiger partial charge in [0.1, 0.15) is 10.6 Å². The first-order valence-electron chi connectivity index (χ1n) is 6.64. The van der Waals surface area contributed by atoms with Gasteiger partial charge in [0, 0.05) is 11.1 Å². The molecule has 0 atom stereocenters. The Kier molecular flexibility index (Phi) is 4.00. The molecule has 2 aromatic rings. The van der Waals surface area contributed by atoms with Crippen LogP contribution in [0.4, 0.5) is 5.69 Å². The van der Waals surface area contributed by atoms with Crippen LogP contribution in [-0.2, 0) is 5.41 Å². The number of aromatic nitrogens is 2. The third kappa shape index (κ3) is 3.21. The van der Waals surface area contributed by atoms with Crippen LogP contribution in [0.15, 0.2) is 12.1 Å². The van der Waals surface area contributed by atoms with E-state index in [1.54, 1.807) is 19.1 Å². The molecule has 1 heterocycles. The number of hydrogen-bond acceptors (Lipinski definition) is 5. The van der Waals surface area contributed by atoms with E-state index in [2.05, 4.69) is 14.9 Å². The molecule has 0 saturated carbocycles. The maximum Gasteiger partial charge on any atom is 0.269 e. The highest BCUT2D eigenvalue weighted by Gasteiger charge is 2.26. The molecular weight excluding hydrogens is 286 g/mol. The van der Waals surface area contributed by atoms with Crippen molar-refractivity contribution >= 4 is 23.1 Å². The van der Waals surface area contributed by atoms with Crippen molar-refractivity contribution in [3.05, 3.63) is 33.8 Å². The topological polar surface area (TPSA) is 75.1 Å². The molecule has 5 nitrogen and oxygen atoms in total. The van der Waals surface area contributed by atoms with Gasteiger partial charge in [0.2, 0.25) is 0 Å². The number of phenolic OH excluding ortho intramolecular Hbond substituents is 1. The zero-order chi connectivity index (χ0) is 15.8. The number of rotatable bonds is 2. The molecule has 1 amide bonds. The number of benzene rings is 1. The fourth-order valence-electron chi connectivity index (χ4n) is 1.94. The number of nitrogens with one attached hydrogen (secondary N) is 1. The van der Waals surface area contributed by atoms with E-state index in [-0.39, 0.29) is 17.1 Å². The molecule has 0 aliphatic rings. The van der Waals surface area contributed by atoms with Gasteiger partial charge in [0.05, 0.1) is 5.69 Å². The standard InChI is InChI=1S/C15H19N3O2S/c1-8-7-11(19)9(2)6-10(8)16-14(20)12-13(15(3,4)5)17-18-21-12/h6-7,19H,1-5H3,(H,16,20). The minimum absolute atomic E-state index is 0.219. The molecule has 6 heteroatoms. The summed E-state index contributed by atoms with van der Waals surface area (Å²) in [6.45, 7) is 9.62. The van der Waals surface area contributed by atoms with Crippen LogP contribution in [0, 0.1) is 13.8 Å². The molecule has 0 fully saturated rings. The Morgan fingerprint density at radius 3 is 2.52 bits per heavy atom. The first-order valence-corrected chi connectivity index (χ1v) is 7.42. The summed E-state index contributed by atoms with van der Waals surface area (Å²) in [5.41, 5.74) is 2.66. The lowest BCUT2D eigenvalue weighted by Crippen LogP contribution is -2.20. The van der Waals surface area contributed by atoms with Crippen molar-refractivity contribution in [1.82, 2.24) is 9.59 Å². The maximum absolute atomic E-state index is 12.4. The molecule has 0 bridgehead atoms. The SMILES string of the molecule is Cc1cc(NC(=O)c2snnc2C(C)(C)C)c(C)cc1O. The first-order chi connectivity index (χ1) is 9.70. The molecule has 0 aliphatic heterocycles. The van der Waals surface area contributed by atoms with E-state index in [1.807, 2.05) is 27.7 Å². The highest BCUT2D eigenvalue weighted by molar-refractivity contribution is 7.08. The highest BCUT2D eigenvalue weighted by Crippen LogP contribution is 2.28. The average Bonchev–Trinajstić information content (AvgIpc) is 2.85. The van der Waals surface area contributed by atoms with Gasteiger partial charge < -0.3 is 10.4 Å².